The molecule has 0 fully saturated rings. The van der Waals surface area contributed by atoms with E-state index in [1.807, 2.05) is 24.3 Å². The number of fused-ring (bicyclic) bond motifs is 1. The number of hydrogen-bond acceptors (Lipinski definition) is 2. The standard InChI is InChI=1S/C15H12BrN2/c16-12-6-2-4-8-14(12)18-15-10-9-11-5-1-3-7-13(11)17-15/h1,3-10H,2H2,(H,17,18). The van der Waals surface area contributed by atoms with Crippen molar-refractivity contribution in [2.45, 2.75) is 6.42 Å². The molecule has 1 aromatic carbocycles. The number of nitrogens with one attached hydrogen (secondary N) is 1. The predicted molar refractivity (Wildman–Crippen MR) is 79.4 cm³/mol. The minimum absolute atomic E-state index is 0.862. The molecule has 18 heavy (non-hydrogen) atoms. The van der Waals surface area contributed by atoms with E-state index in [1.54, 1.807) is 0 Å². The maximum atomic E-state index is 4.59. The average Bonchev–Trinajstić information content (AvgIpc) is 2.41. The second-order valence-corrected chi connectivity index (χ2v) is 4.97. The Morgan fingerprint density at radius 1 is 1.11 bits per heavy atom. The molecule has 1 aliphatic carbocycles. The fraction of sp³-hybridized carbons (Fsp3) is 0.0667. The van der Waals surface area contributed by atoms with Gasteiger partial charge in [-0.25, -0.2) is 4.98 Å². The highest BCUT2D eigenvalue weighted by atomic mass is 79.9. The molecule has 0 saturated heterocycles. The van der Waals surface area contributed by atoms with Crippen LogP contribution in [-0.2, 0) is 0 Å². The summed E-state index contributed by atoms with van der Waals surface area (Å²) in [5.41, 5.74) is 2.05. The van der Waals surface area contributed by atoms with Gasteiger partial charge in [0.25, 0.3) is 0 Å². The smallest absolute Gasteiger partial charge is 0.131 e. The van der Waals surface area contributed by atoms with E-state index in [1.165, 1.54) is 0 Å². The monoisotopic (exact) mass is 299 g/mol. The van der Waals surface area contributed by atoms with E-state index in [4.69, 9.17) is 0 Å². The van der Waals surface area contributed by atoms with Crippen LogP contribution in [0.5, 0.6) is 0 Å². The van der Waals surface area contributed by atoms with Gasteiger partial charge in [0.2, 0.25) is 0 Å². The van der Waals surface area contributed by atoms with Gasteiger partial charge < -0.3 is 5.32 Å². The third-order valence-electron chi connectivity index (χ3n) is 2.84. The van der Waals surface area contributed by atoms with Crippen LogP contribution in [0.15, 0.2) is 58.7 Å². The van der Waals surface area contributed by atoms with E-state index in [9.17, 15) is 0 Å². The molecule has 3 rings (SSSR count). The number of rotatable bonds is 2. The summed E-state index contributed by atoms with van der Waals surface area (Å²) in [7, 11) is 0. The number of allylic oxidation sites excluding steroid dienone is 3. The number of halogens is 1. The highest BCUT2D eigenvalue weighted by Gasteiger charge is 2.06. The van der Waals surface area contributed by atoms with Crippen molar-refractivity contribution in [3.63, 3.8) is 0 Å². The van der Waals surface area contributed by atoms with Crippen molar-refractivity contribution in [1.29, 1.82) is 0 Å². The molecule has 2 nitrogen and oxygen atoms in total. The molecule has 0 saturated carbocycles. The zero-order valence-corrected chi connectivity index (χ0v) is 11.3. The summed E-state index contributed by atoms with van der Waals surface area (Å²) in [5.74, 6) is 0.862. The second-order valence-electron chi connectivity index (χ2n) is 4.12. The van der Waals surface area contributed by atoms with Crippen molar-refractivity contribution < 1.29 is 0 Å². The van der Waals surface area contributed by atoms with Crippen molar-refractivity contribution in [2.24, 2.45) is 0 Å². The molecule has 0 amide bonds. The number of hydrogen-bond donors (Lipinski definition) is 1. The molecule has 0 bridgehead atoms. The first kappa shape index (κ1) is 11.5. The van der Waals surface area contributed by atoms with E-state index in [2.05, 4.69) is 56.9 Å². The first-order valence-electron chi connectivity index (χ1n) is 5.85. The highest BCUT2D eigenvalue weighted by Crippen LogP contribution is 2.24. The van der Waals surface area contributed by atoms with E-state index in [-0.39, 0.29) is 0 Å². The summed E-state index contributed by atoms with van der Waals surface area (Å²) < 4.78 is 1.08. The van der Waals surface area contributed by atoms with Crippen LogP contribution in [0.3, 0.4) is 0 Å². The fourth-order valence-corrected chi connectivity index (χ4v) is 2.34. The number of aromatic nitrogens is 1. The molecule has 1 aromatic heterocycles. The summed E-state index contributed by atoms with van der Waals surface area (Å²) in [5, 5.41) is 4.48. The Morgan fingerprint density at radius 3 is 2.89 bits per heavy atom. The lowest BCUT2D eigenvalue weighted by atomic mass is 10.1. The largest absolute Gasteiger partial charge is 0.340 e. The predicted octanol–water partition coefficient (Wildman–Crippen LogP) is 4.42. The maximum absolute atomic E-state index is 4.59. The molecular formula is C15H12BrN2. The van der Waals surface area contributed by atoms with E-state index >= 15 is 0 Å². The zero-order valence-electron chi connectivity index (χ0n) is 9.73. The third-order valence-corrected chi connectivity index (χ3v) is 3.59. The van der Waals surface area contributed by atoms with Crippen molar-refractivity contribution in [2.75, 3.05) is 5.32 Å². The van der Waals surface area contributed by atoms with Gasteiger partial charge in [-0.15, -0.1) is 0 Å². The molecule has 0 aliphatic heterocycles. The Bertz CT molecular complexity index is 644. The van der Waals surface area contributed by atoms with Gasteiger partial charge in [0.1, 0.15) is 5.82 Å². The molecule has 1 N–H and O–H groups in total. The molecule has 3 heteroatoms. The van der Waals surface area contributed by atoms with E-state index < -0.39 is 0 Å². The van der Waals surface area contributed by atoms with Crippen LogP contribution in [0.2, 0.25) is 0 Å². The van der Waals surface area contributed by atoms with Crippen LogP contribution < -0.4 is 5.32 Å². The summed E-state index contributed by atoms with van der Waals surface area (Å²) in [6.07, 6.45) is 7.29. The zero-order chi connectivity index (χ0) is 12.4. The Morgan fingerprint density at radius 2 is 2.00 bits per heavy atom. The SMILES string of the molecule is BrC1=C(Nc2ccc3ccccc3n2)C=CC[CH]1. The number of pyridine rings is 1. The Balaban J connectivity index is 1.93. The van der Waals surface area contributed by atoms with Gasteiger partial charge in [-0.1, -0.05) is 40.2 Å². The summed E-state index contributed by atoms with van der Waals surface area (Å²) in [6.45, 7) is 0. The molecule has 0 unspecified atom stereocenters. The number of anilines is 1. The Hall–Kier alpha value is -1.61. The van der Waals surface area contributed by atoms with Gasteiger partial charge in [-0.05, 0) is 30.7 Å². The van der Waals surface area contributed by atoms with Crippen LogP contribution in [0, 0.1) is 6.42 Å². The third kappa shape index (κ3) is 2.31. The topological polar surface area (TPSA) is 24.9 Å². The van der Waals surface area contributed by atoms with E-state index in [0.717, 1.165) is 33.3 Å². The first-order chi connectivity index (χ1) is 8.83. The van der Waals surface area contributed by atoms with Gasteiger partial charge in [0, 0.05) is 22.0 Å². The van der Waals surface area contributed by atoms with Crippen LogP contribution in [0.25, 0.3) is 10.9 Å². The molecule has 1 radical (unpaired) electrons. The van der Waals surface area contributed by atoms with Gasteiger partial charge in [-0.3, -0.25) is 0 Å². The molecule has 1 aliphatic rings. The summed E-state index contributed by atoms with van der Waals surface area (Å²) in [4.78, 5) is 4.59. The van der Waals surface area contributed by atoms with Gasteiger partial charge in [-0.2, -0.15) is 0 Å². The van der Waals surface area contributed by atoms with Crippen molar-refractivity contribution >= 4 is 32.7 Å². The second kappa shape index (κ2) is 4.94. The van der Waals surface area contributed by atoms with Gasteiger partial charge in [0.15, 0.2) is 0 Å². The minimum Gasteiger partial charge on any atom is -0.340 e. The number of nitrogens with zero attached hydrogens (tertiary/aromatic N) is 1. The van der Waals surface area contributed by atoms with Gasteiger partial charge >= 0.3 is 0 Å². The minimum atomic E-state index is 0.862. The summed E-state index contributed by atoms with van der Waals surface area (Å²) >= 11 is 3.54. The molecule has 2 aromatic rings. The van der Waals surface area contributed by atoms with Gasteiger partial charge in [0.05, 0.1) is 5.52 Å². The first-order valence-corrected chi connectivity index (χ1v) is 6.64. The van der Waals surface area contributed by atoms with Crippen LogP contribution in [0.1, 0.15) is 6.42 Å². The molecule has 0 spiro atoms. The lowest BCUT2D eigenvalue weighted by molar-refractivity contribution is 1.21. The fourth-order valence-electron chi connectivity index (χ4n) is 1.92. The van der Waals surface area contributed by atoms with Crippen LogP contribution >= 0.6 is 15.9 Å². The van der Waals surface area contributed by atoms with Crippen molar-refractivity contribution in [3.05, 3.63) is 65.2 Å². The maximum Gasteiger partial charge on any atom is 0.131 e. The normalized spacial score (nSPS) is 15.2. The lowest BCUT2D eigenvalue weighted by Crippen LogP contribution is -2.03. The van der Waals surface area contributed by atoms with Crippen LogP contribution in [-0.4, -0.2) is 4.98 Å². The van der Waals surface area contributed by atoms with Crippen molar-refractivity contribution in [1.82, 2.24) is 4.98 Å². The molecule has 1 heterocycles. The Labute approximate surface area is 115 Å². The summed E-state index contributed by atoms with van der Waals surface area (Å²) in [6, 6.07) is 12.2. The average molecular weight is 300 g/mol. The Kier molecular flexibility index (Phi) is 3.15. The molecular weight excluding hydrogens is 288 g/mol. The van der Waals surface area contributed by atoms with Crippen molar-refractivity contribution in [3.8, 4) is 0 Å². The highest BCUT2D eigenvalue weighted by molar-refractivity contribution is 9.11. The quantitative estimate of drug-likeness (QED) is 0.888. The molecule has 0 atom stereocenters. The van der Waals surface area contributed by atoms with E-state index in [0.29, 0.717) is 0 Å². The number of benzene rings is 1. The molecule has 89 valence electrons. The van der Waals surface area contributed by atoms with Crippen LogP contribution in [0.4, 0.5) is 5.82 Å². The lowest BCUT2D eigenvalue weighted by Gasteiger charge is -2.13. The number of para-hydroxylation sites is 1.